The summed E-state index contributed by atoms with van der Waals surface area (Å²) in [5.41, 5.74) is 2.40. The monoisotopic (exact) mass is 437 g/mol. The highest BCUT2D eigenvalue weighted by Crippen LogP contribution is 2.34. The molecule has 30 heavy (non-hydrogen) atoms. The number of halogens is 3. The first-order valence-corrected chi connectivity index (χ1v) is 10.5. The highest BCUT2D eigenvalue weighted by Gasteiger charge is 2.23. The van der Waals surface area contributed by atoms with Crippen molar-refractivity contribution in [3.63, 3.8) is 0 Å². The average molecular weight is 438 g/mol. The maximum Gasteiger partial charge on any atom is 0.387 e. The van der Waals surface area contributed by atoms with Crippen LogP contribution in [0.25, 0.3) is 16.9 Å². The van der Waals surface area contributed by atoms with E-state index in [2.05, 4.69) is 23.7 Å². The number of rotatable bonds is 8. The van der Waals surface area contributed by atoms with E-state index in [1.54, 1.807) is 17.6 Å². The molecule has 0 spiro atoms. The van der Waals surface area contributed by atoms with E-state index in [4.69, 9.17) is 11.6 Å². The molecule has 0 fully saturated rings. The molecule has 3 aromatic rings. The first-order valence-electron chi connectivity index (χ1n) is 10.1. The van der Waals surface area contributed by atoms with Crippen LogP contribution in [0.15, 0.2) is 29.1 Å². The molecule has 0 saturated heterocycles. The SMILES string of the molecule is CCCC(CCC)c1cc(C)n2nc(-c3ccc(Cl)cc3OC(F)F)n(C)c(=O)c12. The molecule has 3 rings (SSSR count). The molecule has 0 radical (unpaired) electrons. The van der Waals surface area contributed by atoms with Gasteiger partial charge < -0.3 is 4.74 Å². The lowest BCUT2D eigenvalue weighted by Crippen LogP contribution is -2.24. The molecule has 0 bridgehead atoms. The molecule has 1 aromatic carbocycles. The predicted octanol–water partition coefficient (Wildman–Crippen LogP) is 5.95. The molecular formula is C22H26ClF2N3O2. The molecule has 0 N–H and O–H groups in total. The zero-order valence-corrected chi connectivity index (χ0v) is 18.3. The van der Waals surface area contributed by atoms with Crippen LogP contribution in [0.5, 0.6) is 5.75 Å². The van der Waals surface area contributed by atoms with Crippen LogP contribution < -0.4 is 10.3 Å². The Hall–Kier alpha value is -2.41. The second-order valence-electron chi connectivity index (χ2n) is 7.48. The predicted molar refractivity (Wildman–Crippen MR) is 115 cm³/mol. The van der Waals surface area contributed by atoms with Gasteiger partial charge in [0.15, 0.2) is 5.82 Å². The second kappa shape index (κ2) is 9.16. The van der Waals surface area contributed by atoms with Gasteiger partial charge in [-0.3, -0.25) is 9.36 Å². The molecule has 8 heteroatoms. The van der Waals surface area contributed by atoms with Crippen molar-refractivity contribution in [1.29, 1.82) is 0 Å². The summed E-state index contributed by atoms with van der Waals surface area (Å²) in [6, 6.07) is 6.40. The van der Waals surface area contributed by atoms with Gasteiger partial charge in [-0.15, -0.1) is 5.10 Å². The fourth-order valence-electron chi connectivity index (χ4n) is 3.99. The molecule has 0 atom stereocenters. The normalized spacial score (nSPS) is 11.8. The van der Waals surface area contributed by atoms with Crippen LogP contribution in [0.4, 0.5) is 8.78 Å². The van der Waals surface area contributed by atoms with Crippen LogP contribution in [0.2, 0.25) is 5.02 Å². The van der Waals surface area contributed by atoms with Crippen molar-refractivity contribution in [2.75, 3.05) is 0 Å². The van der Waals surface area contributed by atoms with Gasteiger partial charge in [0.2, 0.25) is 0 Å². The first-order chi connectivity index (χ1) is 14.3. The van der Waals surface area contributed by atoms with Crippen LogP contribution in [-0.2, 0) is 7.05 Å². The zero-order chi connectivity index (χ0) is 22.0. The number of aryl methyl sites for hydroxylation is 1. The topological polar surface area (TPSA) is 48.5 Å². The summed E-state index contributed by atoms with van der Waals surface area (Å²) in [6.45, 7) is 3.13. The number of hydrogen-bond acceptors (Lipinski definition) is 3. The lowest BCUT2D eigenvalue weighted by molar-refractivity contribution is -0.0494. The van der Waals surface area contributed by atoms with Gasteiger partial charge in [0.05, 0.1) is 5.56 Å². The van der Waals surface area contributed by atoms with Crippen molar-refractivity contribution in [3.05, 3.63) is 50.9 Å². The molecule has 162 valence electrons. The third-order valence-corrected chi connectivity index (χ3v) is 5.55. The van der Waals surface area contributed by atoms with E-state index in [9.17, 15) is 13.6 Å². The van der Waals surface area contributed by atoms with Crippen LogP contribution >= 0.6 is 11.6 Å². The van der Waals surface area contributed by atoms with Crippen molar-refractivity contribution in [3.8, 4) is 17.1 Å². The summed E-state index contributed by atoms with van der Waals surface area (Å²) in [5.74, 6) is 0.379. The Morgan fingerprint density at radius 3 is 2.43 bits per heavy atom. The first kappa shape index (κ1) is 22.3. The van der Waals surface area contributed by atoms with Crippen LogP contribution in [0.3, 0.4) is 0 Å². The molecule has 2 heterocycles. The van der Waals surface area contributed by atoms with Crippen molar-refractivity contribution in [2.24, 2.45) is 7.05 Å². The Labute approximate surface area is 179 Å². The average Bonchev–Trinajstić information content (AvgIpc) is 3.01. The van der Waals surface area contributed by atoms with Gasteiger partial charge in [-0.25, -0.2) is 4.52 Å². The van der Waals surface area contributed by atoms with Gasteiger partial charge in [-0.05, 0) is 55.5 Å². The lowest BCUT2D eigenvalue weighted by Gasteiger charge is -2.16. The Balaban J connectivity index is 2.25. The summed E-state index contributed by atoms with van der Waals surface area (Å²) in [6.07, 6.45) is 4.01. The third kappa shape index (κ3) is 4.21. The molecule has 0 saturated carbocycles. The van der Waals surface area contributed by atoms with E-state index in [1.165, 1.54) is 16.7 Å². The van der Waals surface area contributed by atoms with E-state index in [-0.39, 0.29) is 33.6 Å². The van der Waals surface area contributed by atoms with Gasteiger partial charge in [-0.2, -0.15) is 8.78 Å². The minimum Gasteiger partial charge on any atom is -0.434 e. The molecule has 2 aromatic heterocycles. The highest BCUT2D eigenvalue weighted by molar-refractivity contribution is 6.30. The fourth-order valence-corrected chi connectivity index (χ4v) is 4.15. The van der Waals surface area contributed by atoms with Crippen molar-refractivity contribution in [1.82, 2.24) is 14.2 Å². The molecule has 0 aliphatic heterocycles. The smallest absolute Gasteiger partial charge is 0.387 e. The summed E-state index contributed by atoms with van der Waals surface area (Å²) in [7, 11) is 1.59. The number of benzene rings is 1. The van der Waals surface area contributed by atoms with E-state index in [0.717, 1.165) is 36.9 Å². The standard InChI is InChI=1S/C22H26ClF2N3O2/c1-5-7-14(8-6-2)17-11-13(3)28-19(17)21(29)27(4)20(26-28)16-10-9-15(23)12-18(16)30-22(24)25/h9-12,14,22H,5-8H2,1-4H3. The minimum absolute atomic E-state index is 0.126. The second-order valence-corrected chi connectivity index (χ2v) is 7.92. The molecule has 5 nitrogen and oxygen atoms in total. The summed E-state index contributed by atoms with van der Waals surface area (Å²) < 4.78 is 33.5. The fraction of sp³-hybridized carbons (Fsp3) is 0.455. The Bertz CT molecular complexity index is 1100. The van der Waals surface area contributed by atoms with E-state index in [1.807, 2.05) is 13.0 Å². The minimum atomic E-state index is -3.02. The maximum atomic E-state index is 13.4. The van der Waals surface area contributed by atoms with E-state index in [0.29, 0.717) is 5.52 Å². The van der Waals surface area contributed by atoms with E-state index >= 15 is 0 Å². The molecule has 0 aliphatic rings. The number of hydrogen-bond donors (Lipinski definition) is 0. The van der Waals surface area contributed by atoms with Crippen LogP contribution in [0.1, 0.15) is 56.7 Å². The zero-order valence-electron chi connectivity index (χ0n) is 17.6. The van der Waals surface area contributed by atoms with Gasteiger partial charge >= 0.3 is 6.61 Å². The number of nitrogens with zero attached hydrogens (tertiary/aromatic N) is 3. The largest absolute Gasteiger partial charge is 0.434 e. The third-order valence-electron chi connectivity index (χ3n) is 5.32. The van der Waals surface area contributed by atoms with Crippen molar-refractivity contribution in [2.45, 2.75) is 59.0 Å². The van der Waals surface area contributed by atoms with Crippen LogP contribution in [-0.4, -0.2) is 20.8 Å². The summed E-state index contributed by atoms with van der Waals surface area (Å²) in [5, 5.41) is 4.89. The van der Waals surface area contributed by atoms with Gasteiger partial charge in [0.25, 0.3) is 5.56 Å². The number of alkyl halides is 2. The Morgan fingerprint density at radius 2 is 1.83 bits per heavy atom. The number of fused-ring (bicyclic) bond motifs is 1. The summed E-state index contributed by atoms with van der Waals surface area (Å²) in [4.78, 5) is 13.4. The molecule has 0 amide bonds. The highest BCUT2D eigenvalue weighted by atomic mass is 35.5. The quantitative estimate of drug-likeness (QED) is 0.437. The van der Waals surface area contributed by atoms with Crippen molar-refractivity contribution < 1.29 is 13.5 Å². The van der Waals surface area contributed by atoms with Gasteiger partial charge in [0, 0.05) is 17.8 Å². The van der Waals surface area contributed by atoms with Crippen molar-refractivity contribution >= 4 is 17.1 Å². The van der Waals surface area contributed by atoms with Gasteiger partial charge in [-0.1, -0.05) is 38.3 Å². The Morgan fingerprint density at radius 1 is 1.17 bits per heavy atom. The van der Waals surface area contributed by atoms with Gasteiger partial charge in [0.1, 0.15) is 11.3 Å². The molecule has 0 unspecified atom stereocenters. The molecule has 0 aliphatic carbocycles. The molecular weight excluding hydrogens is 412 g/mol. The lowest BCUT2D eigenvalue weighted by atomic mass is 9.91. The number of ether oxygens (including phenoxy) is 1. The van der Waals surface area contributed by atoms with Crippen LogP contribution in [0, 0.1) is 6.92 Å². The Kier molecular flexibility index (Phi) is 6.81. The number of aromatic nitrogens is 3. The maximum absolute atomic E-state index is 13.4. The van der Waals surface area contributed by atoms with E-state index < -0.39 is 6.61 Å². The summed E-state index contributed by atoms with van der Waals surface area (Å²) >= 11 is 5.96.